The van der Waals surface area contributed by atoms with Crippen LogP contribution in [-0.4, -0.2) is 18.4 Å². The van der Waals surface area contributed by atoms with E-state index >= 15 is 0 Å². The van der Waals surface area contributed by atoms with Crippen molar-refractivity contribution in [3.63, 3.8) is 0 Å². The molecule has 2 N–H and O–H groups in total. The van der Waals surface area contributed by atoms with Gasteiger partial charge in [-0.2, -0.15) is 0 Å². The molecule has 7 heteroatoms. The first-order valence-corrected chi connectivity index (χ1v) is 8.10. The predicted molar refractivity (Wildman–Crippen MR) is 78.2 cm³/mol. The Hall–Kier alpha value is -1.37. The molecular formula is C13H16ClN3O2S. The van der Waals surface area contributed by atoms with Gasteiger partial charge in [0.25, 0.3) is 10.0 Å². The average molecular weight is 314 g/mol. The highest BCUT2D eigenvalue weighted by Gasteiger charge is 2.20. The van der Waals surface area contributed by atoms with Crippen LogP contribution in [0.4, 0.5) is 0 Å². The normalized spacial score (nSPS) is 13.3. The van der Waals surface area contributed by atoms with Crippen LogP contribution in [0.3, 0.4) is 0 Å². The van der Waals surface area contributed by atoms with E-state index in [0.29, 0.717) is 17.3 Å². The zero-order valence-electron chi connectivity index (χ0n) is 11.2. The molecule has 0 aliphatic rings. The Morgan fingerprint density at radius 1 is 1.35 bits per heavy atom. The highest BCUT2D eigenvalue weighted by molar-refractivity contribution is 7.89. The quantitative estimate of drug-likeness (QED) is 0.891. The van der Waals surface area contributed by atoms with Crippen LogP contribution in [0, 0.1) is 0 Å². The number of imidazole rings is 1. The van der Waals surface area contributed by atoms with E-state index in [1.165, 1.54) is 6.20 Å². The van der Waals surface area contributed by atoms with Crippen LogP contribution < -0.4 is 4.72 Å². The van der Waals surface area contributed by atoms with E-state index in [1.54, 1.807) is 31.2 Å². The maximum absolute atomic E-state index is 12.2. The van der Waals surface area contributed by atoms with Crippen LogP contribution in [0.15, 0.2) is 35.5 Å². The van der Waals surface area contributed by atoms with E-state index < -0.39 is 10.0 Å². The van der Waals surface area contributed by atoms with Gasteiger partial charge in [-0.15, -0.1) is 0 Å². The number of rotatable bonds is 5. The fourth-order valence-corrected chi connectivity index (χ4v) is 3.07. The molecule has 2 rings (SSSR count). The maximum atomic E-state index is 12.2. The van der Waals surface area contributed by atoms with Crippen molar-refractivity contribution < 1.29 is 8.42 Å². The molecule has 0 bridgehead atoms. The van der Waals surface area contributed by atoms with Crippen molar-refractivity contribution in [2.75, 3.05) is 0 Å². The van der Waals surface area contributed by atoms with Gasteiger partial charge in [-0.25, -0.2) is 18.1 Å². The molecule has 1 aromatic heterocycles. The van der Waals surface area contributed by atoms with E-state index in [4.69, 9.17) is 11.6 Å². The minimum atomic E-state index is -3.61. The molecule has 0 saturated carbocycles. The summed E-state index contributed by atoms with van der Waals surface area (Å²) in [7, 11) is -3.61. The summed E-state index contributed by atoms with van der Waals surface area (Å²) in [6.07, 6.45) is 1.98. The largest absolute Gasteiger partial charge is 0.332 e. The topological polar surface area (TPSA) is 74.8 Å². The second-order valence-electron chi connectivity index (χ2n) is 4.44. The maximum Gasteiger partial charge on any atom is 0.258 e. The number of sulfonamides is 1. The molecule has 0 amide bonds. The van der Waals surface area contributed by atoms with Crippen molar-refractivity contribution in [1.29, 1.82) is 0 Å². The lowest BCUT2D eigenvalue weighted by Crippen LogP contribution is -2.27. The number of nitrogens with one attached hydrogen (secondary N) is 2. The first kappa shape index (κ1) is 15.0. The highest BCUT2D eigenvalue weighted by Crippen LogP contribution is 2.18. The Morgan fingerprint density at radius 3 is 2.55 bits per heavy atom. The highest BCUT2D eigenvalue weighted by atomic mass is 35.5. The molecule has 0 saturated heterocycles. The number of aromatic amines is 1. The van der Waals surface area contributed by atoms with Gasteiger partial charge in [-0.1, -0.05) is 30.7 Å². The minimum Gasteiger partial charge on any atom is -0.332 e. The smallest absolute Gasteiger partial charge is 0.258 e. The molecule has 0 fully saturated rings. The standard InChI is InChI=1S/C13H16ClN3O2S/c1-3-12-15-8-13(16-12)20(18,19)17-9(2)10-4-6-11(14)7-5-10/h4-9,17H,3H2,1-2H3,(H,15,16). The van der Waals surface area contributed by atoms with Crippen LogP contribution in [0.1, 0.15) is 31.3 Å². The third kappa shape index (κ3) is 3.39. The Kier molecular flexibility index (Phi) is 4.47. The van der Waals surface area contributed by atoms with Crippen molar-refractivity contribution in [1.82, 2.24) is 14.7 Å². The summed E-state index contributed by atoms with van der Waals surface area (Å²) in [6.45, 7) is 3.68. The first-order valence-electron chi connectivity index (χ1n) is 6.24. The van der Waals surface area contributed by atoms with E-state index in [-0.39, 0.29) is 11.1 Å². The zero-order chi connectivity index (χ0) is 14.8. The van der Waals surface area contributed by atoms with Gasteiger partial charge in [0.05, 0.1) is 6.20 Å². The van der Waals surface area contributed by atoms with E-state index in [0.717, 1.165) is 5.56 Å². The number of benzene rings is 1. The molecule has 2 aromatic rings. The van der Waals surface area contributed by atoms with Crippen LogP contribution >= 0.6 is 11.6 Å². The van der Waals surface area contributed by atoms with E-state index in [1.807, 2.05) is 6.92 Å². The number of halogens is 1. The summed E-state index contributed by atoms with van der Waals surface area (Å²) < 4.78 is 27.0. The molecule has 108 valence electrons. The van der Waals surface area contributed by atoms with Crippen LogP contribution in [0.25, 0.3) is 0 Å². The molecule has 0 aliphatic heterocycles. The molecule has 1 heterocycles. The fraction of sp³-hybridized carbons (Fsp3) is 0.308. The Morgan fingerprint density at radius 2 is 2.00 bits per heavy atom. The molecule has 1 aromatic carbocycles. The molecule has 1 atom stereocenters. The second kappa shape index (κ2) is 5.95. The molecule has 0 radical (unpaired) electrons. The van der Waals surface area contributed by atoms with Crippen molar-refractivity contribution >= 4 is 21.6 Å². The average Bonchev–Trinajstić information content (AvgIpc) is 2.88. The van der Waals surface area contributed by atoms with Crippen molar-refractivity contribution in [3.05, 3.63) is 46.9 Å². The summed E-state index contributed by atoms with van der Waals surface area (Å²) >= 11 is 5.81. The van der Waals surface area contributed by atoms with Crippen molar-refractivity contribution in [3.8, 4) is 0 Å². The molecule has 0 aliphatic carbocycles. The van der Waals surface area contributed by atoms with Crippen molar-refractivity contribution in [2.24, 2.45) is 0 Å². The van der Waals surface area contributed by atoms with Gasteiger partial charge in [0.2, 0.25) is 0 Å². The monoisotopic (exact) mass is 313 g/mol. The third-order valence-corrected chi connectivity index (χ3v) is 4.63. The molecule has 20 heavy (non-hydrogen) atoms. The lowest BCUT2D eigenvalue weighted by atomic mass is 10.1. The van der Waals surface area contributed by atoms with Gasteiger partial charge < -0.3 is 4.98 Å². The number of hydrogen-bond acceptors (Lipinski definition) is 3. The Balaban J connectivity index is 2.17. The Labute approximate surface area is 123 Å². The first-order chi connectivity index (χ1) is 9.42. The van der Waals surface area contributed by atoms with Crippen LogP contribution in [0.2, 0.25) is 5.02 Å². The van der Waals surface area contributed by atoms with Crippen LogP contribution in [-0.2, 0) is 16.4 Å². The predicted octanol–water partition coefficient (Wildman–Crippen LogP) is 2.67. The zero-order valence-corrected chi connectivity index (χ0v) is 12.8. The number of nitrogens with zero attached hydrogens (tertiary/aromatic N) is 1. The van der Waals surface area contributed by atoms with Gasteiger partial charge in [0, 0.05) is 17.5 Å². The lowest BCUT2D eigenvalue weighted by molar-refractivity contribution is 0.563. The summed E-state index contributed by atoms with van der Waals surface area (Å²) in [5.41, 5.74) is 0.841. The number of H-pyrrole nitrogens is 1. The summed E-state index contributed by atoms with van der Waals surface area (Å²) in [6, 6.07) is 6.69. The van der Waals surface area contributed by atoms with Gasteiger partial charge in [-0.3, -0.25) is 0 Å². The van der Waals surface area contributed by atoms with Gasteiger partial charge in [-0.05, 0) is 24.6 Å². The van der Waals surface area contributed by atoms with Crippen molar-refractivity contribution in [2.45, 2.75) is 31.3 Å². The van der Waals surface area contributed by atoms with E-state index in [2.05, 4.69) is 14.7 Å². The molecular weight excluding hydrogens is 298 g/mol. The molecule has 0 spiro atoms. The molecule has 5 nitrogen and oxygen atoms in total. The minimum absolute atomic E-state index is 0.0789. The third-order valence-electron chi connectivity index (χ3n) is 2.93. The van der Waals surface area contributed by atoms with E-state index in [9.17, 15) is 8.42 Å². The summed E-state index contributed by atoms with van der Waals surface area (Å²) in [4.78, 5) is 6.79. The number of aromatic nitrogens is 2. The van der Waals surface area contributed by atoms with Gasteiger partial charge in [0.1, 0.15) is 5.82 Å². The van der Waals surface area contributed by atoms with Gasteiger partial charge in [0.15, 0.2) is 5.03 Å². The van der Waals surface area contributed by atoms with Crippen LogP contribution in [0.5, 0.6) is 0 Å². The second-order valence-corrected chi connectivity index (χ2v) is 6.56. The number of hydrogen-bond donors (Lipinski definition) is 2. The summed E-state index contributed by atoms with van der Waals surface area (Å²) in [5, 5.41) is 0.695. The lowest BCUT2D eigenvalue weighted by Gasteiger charge is -2.13. The molecule has 1 unspecified atom stereocenters. The SMILES string of the molecule is CCc1ncc(S(=O)(=O)NC(C)c2ccc(Cl)cc2)[nH]1. The van der Waals surface area contributed by atoms with Gasteiger partial charge >= 0.3 is 0 Å². The fourth-order valence-electron chi connectivity index (χ4n) is 1.78. The summed E-state index contributed by atoms with van der Waals surface area (Å²) in [5.74, 6) is 0.643. The number of aryl methyl sites for hydroxylation is 1. The Bertz CT molecular complexity index is 680.